The molecule has 6 nitrogen and oxygen atoms in total. The van der Waals surface area contributed by atoms with Crippen molar-refractivity contribution >= 4 is 16.7 Å². The highest BCUT2D eigenvalue weighted by Crippen LogP contribution is 2.06. The molecule has 0 atom stereocenters. The predicted molar refractivity (Wildman–Crippen MR) is 53.1 cm³/mol. The van der Waals surface area contributed by atoms with E-state index in [4.69, 9.17) is 0 Å². The first-order chi connectivity index (χ1) is 6.86. The van der Waals surface area contributed by atoms with Gasteiger partial charge in [-0.15, -0.1) is 10.2 Å². The molecule has 0 aliphatic rings. The van der Waals surface area contributed by atoms with Crippen molar-refractivity contribution in [1.82, 2.24) is 24.1 Å². The van der Waals surface area contributed by atoms with Crippen molar-refractivity contribution in [1.29, 1.82) is 0 Å². The van der Waals surface area contributed by atoms with Crippen LogP contribution < -0.4 is 5.32 Å². The molecule has 7 heteroatoms. The fourth-order valence-corrected chi connectivity index (χ4v) is 1.52. The number of rotatable bonds is 4. The van der Waals surface area contributed by atoms with E-state index >= 15 is 0 Å². The van der Waals surface area contributed by atoms with Crippen molar-refractivity contribution < 1.29 is 0 Å². The van der Waals surface area contributed by atoms with E-state index in [0.717, 1.165) is 23.9 Å². The Kier molecular flexibility index (Phi) is 2.68. The molecule has 2 aromatic heterocycles. The standard InChI is InChI=1S/C7H10N6S/c1-13-5-10-12-6(13)2-3-8-7-9-4-11-14-7/h4-5H,2-3H2,1H3,(H,8,9,11). The van der Waals surface area contributed by atoms with Gasteiger partial charge in [0.2, 0.25) is 5.13 Å². The van der Waals surface area contributed by atoms with Crippen LogP contribution >= 0.6 is 11.5 Å². The Morgan fingerprint density at radius 3 is 3.14 bits per heavy atom. The molecular weight excluding hydrogens is 200 g/mol. The summed E-state index contributed by atoms with van der Waals surface area (Å²) in [6.07, 6.45) is 4.06. The quantitative estimate of drug-likeness (QED) is 0.787. The third-order valence-corrected chi connectivity index (χ3v) is 2.41. The second kappa shape index (κ2) is 4.14. The van der Waals surface area contributed by atoms with E-state index in [-0.39, 0.29) is 0 Å². The summed E-state index contributed by atoms with van der Waals surface area (Å²) >= 11 is 1.35. The lowest BCUT2D eigenvalue weighted by Crippen LogP contribution is -2.08. The molecule has 0 saturated heterocycles. The summed E-state index contributed by atoms with van der Waals surface area (Å²) in [5.74, 6) is 0.960. The van der Waals surface area contributed by atoms with E-state index in [2.05, 4.69) is 24.9 Å². The first-order valence-corrected chi connectivity index (χ1v) is 4.97. The molecule has 0 spiro atoms. The fraction of sp³-hybridized carbons (Fsp3) is 0.429. The van der Waals surface area contributed by atoms with Gasteiger partial charge in [-0.2, -0.15) is 4.37 Å². The highest BCUT2D eigenvalue weighted by atomic mass is 32.1. The van der Waals surface area contributed by atoms with Crippen LogP contribution in [0.25, 0.3) is 0 Å². The number of nitrogens with one attached hydrogen (secondary N) is 1. The van der Waals surface area contributed by atoms with Gasteiger partial charge >= 0.3 is 0 Å². The summed E-state index contributed by atoms with van der Waals surface area (Å²) < 4.78 is 5.79. The van der Waals surface area contributed by atoms with Crippen molar-refractivity contribution in [3.05, 3.63) is 18.5 Å². The third kappa shape index (κ3) is 2.05. The average molecular weight is 210 g/mol. The lowest BCUT2D eigenvalue weighted by molar-refractivity contribution is 0.788. The summed E-state index contributed by atoms with van der Waals surface area (Å²) in [5, 5.41) is 11.8. The van der Waals surface area contributed by atoms with Gasteiger partial charge in [0.05, 0.1) is 0 Å². The zero-order chi connectivity index (χ0) is 9.80. The van der Waals surface area contributed by atoms with E-state index in [1.165, 1.54) is 17.9 Å². The highest BCUT2D eigenvalue weighted by molar-refractivity contribution is 7.09. The number of anilines is 1. The number of aryl methyl sites for hydroxylation is 1. The predicted octanol–water partition coefficient (Wildman–Crippen LogP) is 0.321. The van der Waals surface area contributed by atoms with Gasteiger partial charge in [0.15, 0.2) is 0 Å². The molecule has 0 saturated carbocycles. The van der Waals surface area contributed by atoms with E-state index in [1.54, 1.807) is 6.33 Å². The smallest absolute Gasteiger partial charge is 0.202 e. The molecule has 0 bridgehead atoms. The van der Waals surface area contributed by atoms with Crippen LogP contribution in [0.4, 0.5) is 5.13 Å². The second-order valence-electron chi connectivity index (χ2n) is 2.78. The van der Waals surface area contributed by atoms with Crippen molar-refractivity contribution in [3.63, 3.8) is 0 Å². The number of hydrogen-bond acceptors (Lipinski definition) is 6. The second-order valence-corrected chi connectivity index (χ2v) is 3.56. The lowest BCUT2D eigenvalue weighted by atomic mass is 10.4. The molecule has 0 aromatic carbocycles. The number of nitrogens with zero attached hydrogens (tertiary/aromatic N) is 5. The van der Waals surface area contributed by atoms with Crippen molar-refractivity contribution in [2.75, 3.05) is 11.9 Å². The van der Waals surface area contributed by atoms with Gasteiger partial charge in [-0.3, -0.25) is 0 Å². The van der Waals surface area contributed by atoms with Crippen LogP contribution in [0.2, 0.25) is 0 Å². The van der Waals surface area contributed by atoms with E-state index in [9.17, 15) is 0 Å². The average Bonchev–Trinajstić information content (AvgIpc) is 2.78. The summed E-state index contributed by atoms with van der Waals surface area (Å²) in [7, 11) is 1.93. The van der Waals surface area contributed by atoms with E-state index < -0.39 is 0 Å². The maximum absolute atomic E-state index is 4.01. The molecule has 2 aromatic rings. The van der Waals surface area contributed by atoms with Crippen molar-refractivity contribution in [2.45, 2.75) is 6.42 Å². The van der Waals surface area contributed by atoms with Crippen molar-refractivity contribution in [2.24, 2.45) is 7.05 Å². The highest BCUT2D eigenvalue weighted by Gasteiger charge is 2.00. The van der Waals surface area contributed by atoms with Gasteiger partial charge in [0, 0.05) is 31.5 Å². The Morgan fingerprint density at radius 1 is 1.57 bits per heavy atom. The Morgan fingerprint density at radius 2 is 2.50 bits per heavy atom. The summed E-state index contributed by atoms with van der Waals surface area (Å²) in [5.41, 5.74) is 0. The van der Waals surface area contributed by atoms with Crippen molar-refractivity contribution in [3.8, 4) is 0 Å². The van der Waals surface area contributed by atoms with Gasteiger partial charge < -0.3 is 9.88 Å². The normalized spacial score (nSPS) is 10.4. The molecule has 0 radical (unpaired) electrons. The molecule has 74 valence electrons. The molecule has 0 unspecified atom stereocenters. The molecule has 2 rings (SSSR count). The fourth-order valence-electron chi connectivity index (χ4n) is 1.07. The molecule has 14 heavy (non-hydrogen) atoms. The Balaban J connectivity index is 1.81. The zero-order valence-corrected chi connectivity index (χ0v) is 8.53. The largest absolute Gasteiger partial charge is 0.360 e. The Labute approximate surface area is 85.2 Å². The van der Waals surface area contributed by atoms with Crippen LogP contribution in [0.1, 0.15) is 5.82 Å². The first kappa shape index (κ1) is 9.07. The maximum atomic E-state index is 4.01. The Hall–Kier alpha value is -1.50. The number of hydrogen-bond donors (Lipinski definition) is 1. The SMILES string of the molecule is Cn1cnnc1CCNc1ncns1. The topological polar surface area (TPSA) is 68.5 Å². The minimum atomic E-state index is 0.793. The molecule has 0 fully saturated rings. The van der Waals surface area contributed by atoms with Gasteiger partial charge in [-0.1, -0.05) is 0 Å². The first-order valence-electron chi connectivity index (χ1n) is 4.19. The van der Waals surface area contributed by atoms with Gasteiger partial charge in [0.1, 0.15) is 18.5 Å². The summed E-state index contributed by atoms with van der Waals surface area (Å²) in [6.45, 7) is 0.793. The van der Waals surface area contributed by atoms with E-state index in [1.807, 2.05) is 11.6 Å². The van der Waals surface area contributed by atoms with Crippen LogP contribution in [0, 0.1) is 0 Å². The molecule has 0 aliphatic heterocycles. The van der Waals surface area contributed by atoms with E-state index in [0.29, 0.717) is 0 Å². The summed E-state index contributed by atoms with van der Waals surface area (Å²) in [4.78, 5) is 4.01. The van der Waals surface area contributed by atoms with Gasteiger partial charge in [-0.05, 0) is 0 Å². The third-order valence-electron chi connectivity index (χ3n) is 1.79. The molecular formula is C7H10N6S. The molecule has 0 amide bonds. The molecule has 2 heterocycles. The van der Waals surface area contributed by atoms with Crippen LogP contribution in [0.3, 0.4) is 0 Å². The van der Waals surface area contributed by atoms with Crippen LogP contribution in [-0.2, 0) is 13.5 Å². The lowest BCUT2D eigenvalue weighted by Gasteiger charge is -2.00. The van der Waals surface area contributed by atoms with Crippen LogP contribution in [-0.4, -0.2) is 30.7 Å². The summed E-state index contributed by atoms with van der Waals surface area (Å²) in [6, 6.07) is 0. The maximum Gasteiger partial charge on any atom is 0.202 e. The minimum absolute atomic E-state index is 0.793. The molecule has 1 N–H and O–H groups in total. The van der Waals surface area contributed by atoms with Gasteiger partial charge in [0.25, 0.3) is 0 Å². The van der Waals surface area contributed by atoms with Gasteiger partial charge in [-0.25, -0.2) is 4.98 Å². The minimum Gasteiger partial charge on any atom is -0.360 e. The monoisotopic (exact) mass is 210 g/mol. The molecule has 0 aliphatic carbocycles. The van der Waals surface area contributed by atoms with Crippen LogP contribution in [0.15, 0.2) is 12.7 Å². The zero-order valence-electron chi connectivity index (χ0n) is 7.71. The Bertz CT molecular complexity index is 381. The van der Waals surface area contributed by atoms with Crippen LogP contribution in [0.5, 0.6) is 0 Å². The number of aromatic nitrogens is 5.